The van der Waals surface area contributed by atoms with Crippen molar-refractivity contribution in [3.8, 4) is 5.75 Å². The third-order valence-electron chi connectivity index (χ3n) is 4.51. The summed E-state index contributed by atoms with van der Waals surface area (Å²) in [4.78, 5) is 22.5. The van der Waals surface area contributed by atoms with Crippen LogP contribution in [0.4, 0.5) is 11.4 Å². The van der Waals surface area contributed by atoms with Crippen molar-refractivity contribution in [2.75, 3.05) is 5.32 Å². The van der Waals surface area contributed by atoms with E-state index in [1.807, 2.05) is 42.5 Å². The second-order valence-electron chi connectivity index (χ2n) is 6.38. The second-order valence-corrected chi connectivity index (χ2v) is 6.38. The van der Waals surface area contributed by atoms with Gasteiger partial charge in [0.15, 0.2) is 0 Å². The van der Waals surface area contributed by atoms with E-state index in [9.17, 15) is 14.9 Å². The number of hydrogen-bond donors (Lipinski definition) is 2. The number of carbonyl (C=O) groups is 1. The fraction of sp³-hybridized carbons (Fsp3) is 0.0952. The zero-order chi connectivity index (χ0) is 19.5. The van der Waals surface area contributed by atoms with E-state index >= 15 is 0 Å². The molecule has 3 aromatic carbocycles. The minimum atomic E-state index is -0.431. The fourth-order valence-corrected chi connectivity index (χ4v) is 3.01. The van der Waals surface area contributed by atoms with E-state index in [0.29, 0.717) is 17.9 Å². The van der Waals surface area contributed by atoms with Gasteiger partial charge < -0.3 is 15.4 Å². The largest absolute Gasteiger partial charge is 0.489 e. The second kappa shape index (κ2) is 7.40. The van der Waals surface area contributed by atoms with Gasteiger partial charge in [-0.15, -0.1) is 0 Å². The Morgan fingerprint density at radius 3 is 2.36 bits per heavy atom. The first-order valence-electron chi connectivity index (χ1n) is 8.73. The summed E-state index contributed by atoms with van der Waals surface area (Å²) in [6.45, 7) is 0.309. The number of anilines is 1. The van der Waals surface area contributed by atoms with Gasteiger partial charge in [0.25, 0.3) is 11.6 Å². The molecule has 4 rings (SSSR count). The lowest BCUT2D eigenvalue weighted by Crippen LogP contribution is -2.38. The van der Waals surface area contributed by atoms with Crippen LogP contribution in [0.25, 0.3) is 0 Å². The molecule has 0 saturated carbocycles. The first-order chi connectivity index (χ1) is 13.6. The highest BCUT2D eigenvalue weighted by Crippen LogP contribution is 2.27. The van der Waals surface area contributed by atoms with Gasteiger partial charge in [-0.3, -0.25) is 14.9 Å². The molecule has 2 N–H and O–H groups in total. The zero-order valence-corrected chi connectivity index (χ0v) is 14.8. The van der Waals surface area contributed by atoms with Crippen LogP contribution in [0.3, 0.4) is 0 Å². The van der Waals surface area contributed by atoms with Crippen LogP contribution in [0.5, 0.6) is 5.75 Å². The fourth-order valence-electron chi connectivity index (χ4n) is 3.01. The number of amides is 1. The lowest BCUT2D eigenvalue weighted by molar-refractivity contribution is -0.384. The van der Waals surface area contributed by atoms with Crippen molar-refractivity contribution in [3.63, 3.8) is 0 Å². The third-order valence-corrected chi connectivity index (χ3v) is 4.51. The van der Waals surface area contributed by atoms with Gasteiger partial charge in [0, 0.05) is 17.8 Å². The van der Waals surface area contributed by atoms with Crippen molar-refractivity contribution >= 4 is 17.3 Å². The van der Waals surface area contributed by atoms with Crippen molar-refractivity contribution in [2.24, 2.45) is 0 Å². The van der Waals surface area contributed by atoms with Crippen molar-refractivity contribution in [2.45, 2.75) is 12.8 Å². The first kappa shape index (κ1) is 17.5. The topological polar surface area (TPSA) is 93.5 Å². The molecule has 0 aliphatic carbocycles. The molecule has 3 aromatic rings. The van der Waals surface area contributed by atoms with E-state index < -0.39 is 4.92 Å². The minimum Gasteiger partial charge on any atom is -0.489 e. The monoisotopic (exact) mass is 375 g/mol. The summed E-state index contributed by atoms with van der Waals surface area (Å²) in [5, 5.41) is 16.9. The van der Waals surface area contributed by atoms with Gasteiger partial charge in [-0.05, 0) is 47.5 Å². The van der Waals surface area contributed by atoms with Crippen LogP contribution in [0, 0.1) is 10.1 Å². The number of nitrogens with zero attached hydrogens (tertiary/aromatic N) is 1. The van der Waals surface area contributed by atoms with Crippen LogP contribution in [-0.2, 0) is 6.61 Å². The average molecular weight is 375 g/mol. The molecule has 0 unspecified atom stereocenters. The van der Waals surface area contributed by atoms with E-state index in [1.165, 1.54) is 12.1 Å². The molecule has 1 amide bonds. The van der Waals surface area contributed by atoms with E-state index in [1.54, 1.807) is 18.2 Å². The van der Waals surface area contributed by atoms with E-state index in [-0.39, 0.29) is 17.8 Å². The normalized spacial score (nSPS) is 15.1. The summed E-state index contributed by atoms with van der Waals surface area (Å²) >= 11 is 0. The van der Waals surface area contributed by atoms with E-state index in [4.69, 9.17) is 4.74 Å². The van der Waals surface area contributed by atoms with Crippen LogP contribution in [0.2, 0.25) is 0 Å². The summed E-state index contributed by atoms with van der Waals surface area (Å²) in [5.74, 6) is 0.558. The Morgan fingerprint density at radius 1 is 0.929 bits per heavy atom. The number of para-hydroxylation sites is 1. The number of rotatable bonds is 5. The molecular formula is C21H17N3O4. The average Bonchev–Trinajstić information content (AvgIpc) is 2.73. The number of non-ortho nitro benzene ring substituents is 1. The summed E-state index contributed by atoms with van der Waals surface area (Å²) < 4.78 is 5.73. The molecule has 140 valence electrons. The van der Waals surface area contributed by atoms with Crippen LogP contribution in [0.15, 0.2) is 72.8 Å². The molecule has 1 atom stereocenters. The summed E-state index contributed by atoms with van der Waals surface area (Å²) in [6, 6.07) is 21.1. The van der Waals surface area contributed by atoms with E-state index in [2.05, 4.69) is 10.6 Å². The zero-order valence-electron chi connectivity index (χ0n) is 14.8. The summed E-state index contributed by atoms with van der Waals surface area (Å²) in [5.41, 5.74) is 3.23. The number of benzene rings is 3. The number of nitrogens with one attached hydrogen (secondary N) is 2. The van der Waals surface area contributed by atoms with E-state index in [0.717, 1.165) is 16.8 Å². The Hall–Kier alpha value is -3.87. The lowest BCUT2D eigenvalue weighted by Gasteiger charge is -2.28. The number of carbonyl (C=O) groups excluding carboxylic acids is 1. The molecule has 1 aliphatic rings. The van der Waals surface area contributed by atoms with Crippen LogP contribution in [0.1, 0.15) is 27.7 Å². The van der Waals surface area contributed by atoms with Gasteiger partial charge in [-0.1, -0.05) is 24.3 Å². The molecule has 0 saturated heterocycles. The molecule has 0 fully saturated rings. The van der Waals surface area contributed by atoms with Crippen molar-refractivity contribution in [3.05, 3.63) is 99.6 Å². The first-order valence-corrected chi connectivity index (χ1v) is 8.73. The molecule has 0 bridgehead atoms. The Kier molecular flexibility index (Phi) is 4.63. The van der Waals surface area contributed by atoms with Gasteiger partial charge in [0.2, 0.25) is 0 Å². The van der Waals surface area contributed by atoms with Gasteiger partial charge in [0.1, 0.15) is 18.5 Å². The number of nitro groups is 1. The Bertz CT molecular complexity index is 1020. The molecular weight excluding hydrogens is 358 g/mol. The molecule has 28 heavy (non-hydrogen) atoms. The minimum absolute atomic E-state index is 0.0525. The van der Waals surface area contributed by atoms with Gasteiger partial charge >= 0.3 is 0 Å². The van der Waals surface area contributed by atoms with Crippen molar-refractivity contribution < 1.29 is 14.5 Å². The maximum absolute atomic E-state index is 12.2. The van der Waals surface area contributed by atoms with Crippen LogP contribution >= 0.6 is 0 Å². The Labute approximate surface area is 161 Å². The predicted octanol–water partition coefficient (Wildman–Crippen LogP) is 4.03. The predicted molar refractivity (Wildman–Crippen MR) is 104 cm³/mol. The standard InChI is InChI=1S/C21H17N3O4/c25-21-18-3-1-2-4-19(18)22-20(23-21)15-7-11-17(12-8-15)28-13-14-5-9-16(10-6-14)24(26)27/h1-12,20,22H,13H2,(H,23,25)/t20-/m0/s1. The highest BCUT2D eigenvalue weighted by molar-refractivity contribution is 6.01. The lowest BCUT2D eigenvalue weighted by atomic mass is 10.1. The van der Waals surface area contributed by atoms with Crippen LogP contribution < -0.4 is 15.4 Å². The Morgan fingerprint density at radius 2 is 1.64 bits per heavy atom. The molecule has 1 aliphatic heterocycles. The van der Waals surface area contributed by atoms with Gasteiger partial charge in [-0.2, -0.15) is 0 Å². The SMILES string of the molecule is O=C1N[C@@H](c2ccc(OCc3ccc([N+](=O)[O-])cc3)cc2)Nc2ccccc21. The molecule has 0 radical (unpaired) electrons. The molecule has 0 spiro atoms. The van der Waals surface area contributed by atoms with Gasteiger partial charge in [0.05, 0.1) is 10.5 Å². The smallest absolute Gasteiger partial charge is 0.269 e. The highest BCUT2D eigenvalue weighted by atomic mass is 16.6. The maximum Gasteiger partial charge on any atom is 0.269 e. The summed E-state index contributed by atoms with van der Waals surface area (Å²) in [7, 11) is 0. The molecule has 7 nitrogen and oxygen atoms in total. The molecule has 0 aromatic heterocycles. The van der Waals surface area contributed by atoms with Gasteiger partial charge in [-0.25, -0.2) is 0 Å². The number of fused-ring (bicyclic) bond motifs is 1. The number of hydrogen-bond acceptors (Lipinski definition) is 5. The quantitative estimate of drug-likeness (QED) is 0.519. The third kappa shape index (κ3) is 3.64. The molecule has 7 heteroatoms. The van der Waals surface area contributed by atoms with Crippen molar-refractivity contribution in [1.29, 1.82) is 0 Å². The maximum atomic E-state index is 12.2. The highest BCUT2D eigenvalue weighted by Gasteiger charge is 2.23. The Balaban J connectivity index is 1.40. The number of nitro benzene ring substituents is 1. The summed E-state index contributed by atoms with van der Waals surface area (Å²) in [6.07, 6.45) is -0.314. The molecule has 1 heterocycles. The van der Waals surface area contributed by atoms with Crippen molar-refractivity contribution in [1.82, 2.24) is 5.32 Å². The van der Waals surface area contributed by atoms with Crippen LogP contribution in [-0.4, -0.2) is 10.8 Å². The number of ether oxygens (including phenoxy) is 1.